The lowest BCUT2D eigenvalue weighted by atomic mass is 9.98. The summed E-state index contributed by atoms with van der Waals surface area (Å²) >= 11 is 1.88. The molecule has 0 unspecified atom stereocenters. The standard InChI is InChI=1S/C42H29N3S/c43-36(28-13-5-2-6-14-28)25-39(44-26-27-11-3-1-4-12-27)45-37-17-9-7-15-30(37)33-24-23-32-34(41(33)45)21-19-29-20-22-35-31-16-8-10-18-38(31)46-42(35)40(29)32/h1-25H,26,43H2/b36-25-,44-39?. The van der Waals surface area contributed by atoms with E-state index >= 15 is 0 Å². The smallest absolute Gasteiger partial charge is 0.135 e. The summed E-state index contributed by atoms with van der Waals surface area (Å²) in [5, 5.41) is 10.0. The van der Waals surface area contributed by atoms with Crippen LogP contribution in [0.5, 0.6) is 0 Å². The Morgan fingerprint density at radius 2 is 1.24 bits per heavy atom. The van der Waals surface area contributed by atoms with E-state index in [0.717, 1.165) is 28.0 Å². The van der Waals surface area contributed by atoms with Crippen molar-refractivity contribution in [3.05, 3.63) is 163 Å². The minimum Gasteiger partial charge on any atom is -0.398 e. The van der Waals surface area contributed by atoms with E-state index in [2.05, 4.69) is 114 Å². The summed E-state index contributed by atoms with van der Waals surface area (Å²) in [6, 6.07) is 51.6. The van der Waals surface area contributed by atoms with Gasteiger partial charge in [0.1, 0.15) is 5.84 Å². The normalized spacial score (nSPS) is 12.8. The van der Waals surface area contributed by atoms with E-state index in [1.807, 2.05) is 53.8 Å². The Balaban J connectivity index is 1.39. The van der Waals surface area contributed by atoms with Gasteiger partial charge in [0.25, 0.3) is 0 Å². The minimum absolute atomic E-state index is 0.541. The summed E-state index contributed by atoms with van der Waals surface area (Å²) in [5.74, 6) is 0.809. The first-order valence-corrected chi connectivity index (χ1v) is 16.4. The fraction of sp³-hybridized carbons (Fsp3) is 0.0238. The van der Waals surface area contributed by atoms with Gasteiger partial charge in [0.15, 0.2) is 0 Å². The highest BCUT2D eigenvalue weighted by Gasteiger charge is 2.19. The summed E-state index contributed by atoms with van der Waals surface area (Å²) in [6.45, 7) is 0.541. The first-order chi connectivity index (χ1) is 22.7. The molecule has 0 aliphatic heterocycles. The molecule has 9 rings (SSSR count). The Bertz CT molecular complexity index is 2660. The van der Waals surface area contributed by atoms with E-state index in [4.69, 9.17) is 10.7 Å². The number of rotatable bonds is 4. The number of aliphatic imine (C=N–C) groups is 1. The fourth-order valence-electron chi connectivity index (χ4n) is 6.89. The molecule has 0 radical (unpaired) electrons. The van der Waals surface area contributed by atoms with E-state index in [9.17, 15) is 0 Å². The molecular formula is C42H29N3S. The van der Waals surface area contributed by atoms with Gasteiger partial charge in [0, 0.05) is 53.5 Å². The maximum absolute atomic E-state index is 6.81. The number of benzene rings is 7. The molecule has 0 fully saturated rings. The molecule has 2 N–H and O–H groups in total. The zero-order chi connectivity index (χ0) is 30.6. The molecular weight excluding hydrogens is 579 g/mol. The quantitative estimate of drug-likeness (QED) is 0.121. The topological polar surface area (TPSA) is 43.3 Å². The molecule has 9 aromatic rings. The molecule has 0 aliphatic carbocycles. The van der Waals surface area contributed by atoms with Crippen molar-refractivity contribution >= 4 is 86.4 Å². The van der Waals surface area contributed by atoms with Crippen LogP contribution >= 0.6 is 11.3 Å². The van der Waals surface area contributed by atoms with Crippen LogP contribution in [0.1, 0.15) is 11.1 Å². The lowest BCUT2D eigenvalue weighted by molar-refractivity contribution is 1.05. The van der Waals surface area contributed by atoms with Crippen LogP contribution in [-0.4, -0.2) is 10.4 Å². The molecule has 0 bridgehead atoms. The summed E-state index contributed by atoms with van der Waals surface area (Å²) in [5.41, 5.74) is 11.9. The third kappa shape index (κ3) is 4.22. The number of para-hydroxylation sites is 1. The monoisotopic (exact) mass is 607 g/mol. The van der Waals surface area contributed by atoms with Gasteiger partial charge >= 0.3 is 0 Å². The molecule has 3 nitrogen and oxygen atoms in total. The fourth-order valence-corrected chi connectivity index (χ4v) is 8.16. The van der Waals surface area contributed by atoms with Crippen molar-refractivity contribution in [3.8, 4) is 0 Å². The number of aromatic nitrogens is 1. The largest absolute Gasteiger partial charge is 0.398 e. The molecule has 218 valence electrons. The van der Waals surface area contributed by atoms with Crippen molar-refractivity contribution in [2.75, 3.05) is 0 Å². The average Bonchev–Trinajstić information content (AvgIpc) is 3.67. The Labute approximate surface area is 270 Å². The maximum Gasteiger partial charge on any atom is 0.135 e. The molecule has 0 saturated carbocycles. The van der Waals surface area contributed by atoms with Gasteiger partial charge in [0.05, 0.1) is 17.6 Å². The predicted molar refractivity (Wildman–Crippen MR) is 199 cm³/mol. The van der Waals surface area contributed by atoms with E-state index < -0.39 is 0 Å². The van der Waals surface area contributed by atoms with E-state index in [0.29, 0.717) is 12.2 Å². The second-order valence-corrected chi connectivity index (χ2v) is 12.8. The van der Waals surface area contributed by atoms with Crippen LogP contribution in [0.3, 0.4) is 0 Å². The van der Waals surface area contributed by atoms with Gasteiger partial charge in [-0.05, 0) is 34.0 Å². The Morgan fingerprint density at radius 3 is 2.07 bits per heavy atom. The highest BCUT2D eigenvalue weighted by Crippen LogP contribution is 2.43. The summed E-state index contributed by atoms with van der Waals surface area (Å²) in [7, 11) is 0. The van der Waals surface area contributed by atoms with Gasteiger partial charge in [0.2, 0.25) is 0 Å². The summed E-state index contributed by atoms with van der Waals surface area (Å²) in [6.07, 6.45) is 2.04. The van der Waals surface area contributed by atoms with Crippen LogP contribution in [0.15, 0.2) is 157 Å². The van der Waals surface area contributed by atoms with Crippen LogP contribution in [0.4, 0.5) is 0 Å². The Morgan fingerprint density at radius 1 is 0.609 bits per heavy atom. The first-order valence-electron chi connectivity index (χ1n) is 15.5. The van der Waals surface area contributed by atoms with Crippen LogP contribution in [0, 0.1) is 0 Å². The molecule has 0 spiro atoms. The van der Waals surface area contributed by atoms with Gasteiger partial charge < -0.3 is 5.73 Å². The SMILES string of the molecule is N/C(=C\C(=NCc1ccccc1)n1c2ccccc2c2ccc3c(ccc4ccc5c6ccccc6sc5c43)c21)c1ccccc1. The number of nitrogens with two attached hydrogens (primary N) is 1. The van der Waals surface area contributed by atoms with Crippen molar-refractivity contribution in [3.63, 3.8) is 0 Å². The second kappa shape index (κ2) is 10.7. The third-order valence-corrected chi connectivity index (χ3v) is 10.2. The van der Waals surface area contributed by atoms with Crippen molar-refractivity contribution in [1.29, 1.82) is 0 Å². The van der Waals surface area contributed by atoms with Crippen LogP contribution in [0.25, 0.3) is 69.2 Å². The van der Waals surface area contributed by atoms with Crippen LogP contribution < -0.4 is 5.73 Å². The predicted octanol–water partition coefficient (Wildman–Crippen LogP) is 10.9. The van der Waals surface area contributed by atoms with Gasteiger partial charge in [-0.1, -0.05) is 133 Å². The second-order valence-electron chi connectivity index (χ2n) is 11.7. The van der Waals surface area contributed by atoms with Crippen molar-refractivity contribution in [2.45, 2.75) is 6.54 Å². The lowest BCUT2D eigenvalue weighted by Gasteiger charge is -2.13. The maximum atomic E-state index is 6.81. The van der Waals surface area contributed by atoms with Gasteiger partial charge in [-0.25, -0.2) is 0 Å². The van der Waals surface area contributed by atoms with Crippen molar-refractivity contribution in [2.24, 2.45) is 10.7 Å². The first kappa shape index (κ1) is 26.7. The average molecular weight is 608 g/mol. The molecule has 46 heavy (non-hydrogen) atoms. The molecule has 7 aromatic carbocycles. The molecule has 0 amide bonds. The van der Waals surface area contributed by atoms with E-state index in [1.54, 1.807) is 0 Å². The van der Waals surface area contributed by atoms with Gasteiger partial charge in [-0.15, -0.1) is 11.3 Å². The Kier molecular flexibility index (Phi) is 6.22. The minimum atomic E-state index is 0.541. The molecule has 4 heteroatoms. The lowest BCUT2D eigenvalue weighted by Crippen LogP contribution is -2.12. The number of fused-ring (bicyclic) bond motifs is 11. The van der Waals surface area contributed by atoms with Gasteiger partial charge in [-0.2, -0.15) is 0 Å². The van der Waals surface area contributed by atoms with Crippen LogP contribution in [0.2, 0.25) is 0 Å². The molecule has 2 heterocycles. The number of hydrogen-bond acceptors (Lipinski definition) is 3. The Hall–Kier alpha value is -5.71. The third-order valence-electron chi connectivity index (χ3n) is 9.04. The van der Waals surface area contributed by atoms with Gasteiger partial charge in [-0.3, -0.25) is 9.56 Å². The number of hydrogen-bond donors (Lipinski definition) is 1. The van der Waals surface area contributed by atoms with E-state index in [1.165, 1.54) is 52.5 Å². The molecule has 0 saturated heterocycles. The zero-order valence-electron chi connectivity index (χ0n) is 25.0. The molecule has 2 aromatic heterocycles. The van der Waals surface area contributed by atoms with Crippen molar-refractivity contribution < 1.29 is 0 Å². The molecule has 0 atom stereocenters. The number of nitrogens with zero attached hydrogens (tertiary/aromatic N) is 2. The highest BCUT2D eigenvalue weighted by molar-refractivity contribution is 7.26. The van der Waals surface area contributed by atoms with Crippen molar-refractivity contribution in [1.82, 2.24) is 4.57 Å². The highest BCUT2D eigenvalue weighted by atomic mass is 32.1. The molecule has 0 aliphatic rings. The summed E-state index contributed by atoms with van der Waals surface area (Å²) in [4.78, 5) is 5.28. The van der Waals surface area contributed by atoms with E-state index in [-0.39, 0.29) is 0 Å². The number of thiophene rings is 1. The van der Waals surface area contributed by atoms with Crippen LogP contribution in [-0.2, 0) is 6.54 Å². The summed E-state index contributed by atoms with van der Waals surface area (Å²) < 4.78 is 4.97. The zero-order valence-corrected chi connectivity index (χ0v) is 25.8. The number of allylic oxidation sites excluding steroid dienone is 1.